The summed E-state index contributed by atoms with van der Waals surface area (Å²) < 4.78 is 5.38. The number of morpholine rings is 1. The topological polar surface area (TPSA) is 103 Å². The Hall–Kier alpha value is -3.72. The minimum Gasteiger partial charge on any atom is -0.378 e. The summed E-state index contributed by atoms with van der Waals surface area (Å²) in [7, 11) is 0. The first-order chi connectivity index (χ1) is 16.7. The van der Waals surface area contributed by atoms with Gasteiger partial charge in [-0.15, -0.1) is 0 Å². The van der Waals surface area contributed by atoms with Gasteiger partial charge in [0, 0.05) is 43.5 Å². The average Bonchev–Trinajstić information content (AvgIpc) is 3.45. The molecule has 176 valence electrons. The number of H-pyrrole nitrogens is 1. The van der Waals surface area contributed by atoms with Crippen LogP contribution in [0, 0.1) is 0 Å². The third-order valence-electron chi connectivity index (χ3n) is 6.26. The highest BCUT2D eigenvalue weighted by Gasteiger charge is 2.23. The van der Waals surface area contributed by atoms with E-state index in [2.05, 4.69) is 25.4 Å². The monoisotopic (exact) mass is 460 g/mol. The summed E-state index contributed by atoms with van der Waals surface area (Å²) in [5.74, 6) is -0.301. The minimum absolute atomic E-state index is 0.00563. The highest BCUT2D eigenvalue weighted by atomic mass is 16.5. The molecule has 5 rings (SSSR count). The van der Waals surface area contributed by atoms with Crippen molar-refractivity contribution in [3.8, 4) is 11.3 Å². The maximum absolute atomic E-state index is 13.1. The lowest BCUT2D eigenvalue weighted by Crippen LogP contribution is -2.40. The fourth-order valence-electron chi connectivity index (χ4n) is 4.42. The van der Waals surface area contributed by atoms with Crippen LogP contribution in [0.2, 0.25) is 0 Å². The van der Waals surface area contributed by atoms with Gasteiger partial charge in [-0.3, -0.25) is 14.7 Å². The molecule has 0 atom stereocenters. The Kier molecular flexibility index (Phi) is 6.53. The Morgan fingerprint density at radius 2 is 1.82 bits per heavy atom. The van der Waals surface area contributed by atoms with Crippen LogP contribution >= 0.6 is 0 Å². The smallest absolute Gasteiger partial charge is 0.274 e. The normalized spacial score (nSPS) is 16.4. The van der Waals surface area contributed by atoms with Crippen molar-refractivity contribution in [2.75, 3.05) is 49.6 Å². The highest BCUT2D eigenvalue weighted by molar-refractivity contribution is 6.06. The number of aromatic nitrogens is 3. The number of benzene rings is 1. The average molecular weight is 461 g/mol. The Labute approximate surface area is 198 Å². The number of nitrogens with zero attached hydrogens (tertiary/aromatic N) is 4. The molecular formula is C25H28N6O3. The second-order valence-electron chi connectivity index (χ2n) is 8.53. The maximum Gasteiger partial charge on any atom is 0.274 e. The number of carbonyl (C=O) groups is 2. The van der Waals surface area contributed by atoms with Crippen molar-refractivity contribution in [3.63, 3.8) is 0 Å². The predicted molar refractivity (Wildman–Crippen MR) is 129 cm³/mol. The van der Waals surface area contributed by atoms with Crippen LogP contribution in [0.25, 0.3) is 11.3 Å². The zero-order valence-corrected chi connectivity index (χ0v) is 19.0. The zero-order chi connectivity index (χ0) is 23.3. The molecule has 0 unspecified atom stereocenters. The minimum atomic E-state index is -0.295. The molecule has 9 nitrogen and oxygen atoms in total. The first-order valence-corrected chi connectivity index (χ1v) is 11.7. The third-order valence-corrected chi connectivity index (χ3v) is 6.26. The van der Waals surface area contributed by atoms with Gasteiger partial charge < -0.3 is 19.9 Å². The first kappa shape index (κ1) is 22.1. The van der Waals surface area contributed by atoms with Crippen LogP contribution in [-0.2, 0) is 4.74 Å². The molecular weight excluding hydrogens is 432 g/mol. The first-order valence-electron chi connectivity index (χ1n) is 11.7. The van der Waals surface area contributed by atoms with Crippen molar-refractivity contribution in [2.24, 2.45) is 0 Å². The number of nitrogens with one attached hydrogen (secondary N) is 2. The van der Waals surface area contributed by atoms with Gasteiger partial charge >= 0.3 is 0 Å². The highest BCUT2D eigenvalue weighted by Crippen LogP contribution is 2.31. The molecule has 2 N–H and O–H groups in total. The van der Waals surface area contributed by atoms with Gasteiger partial charge in [-0.1, -0.05) is 6.07 Å². The Bertz CT molecular complexity index is 1150. The second kappa shape index (κ2) is 10.0. The van der Waals surface area contributed by atoms with E-state index in [4.69, 9.17) is 4.74 Å². The van der Waals surface area contributed by atoms with E-state index in [9.17, 15) is 9.59 Å². The quantitative estimate of drug-likeness (QED) is 0.606. The van der Waals surface area contributed by atoms with E-state index in [-0.39, 0.29) is 11.8 Å². The fourth-order valence-corrected chi connectivity index (χ4v) is 4.42. The molecule has 34 heavy (non-hydrogen) atoms. The van der Waals surface area contributed by atoms with E-state index >= 15 is 0 Å². The van der Waals surface area contributed by atoms with E-state index in [1.54, 1.807) is 30.6 Å². The van der Waals surface area contributed by atoms with Gasteiger partial charge in [0.25, 0.3) is 11.8 Å². The summed E-state index contributed by atoms with van der Waals surface area (Å²) >= 11 is 0. The predicted octanol–water partition coefficient (Wildman–Crippen LogP) is 3.19. The number of pyridine rings is 1. The Morgan fingerprint density at radius 3 is 2.59 bits per heavy atom. The van der Waals surface area contributed by atoms with E-state index in [0.717, 1.165) is 37.2 Å². The molecule has 0 radical (unpaired) electrons. The SMILES string of the molecule is O=C(Nc1ccc(C(=O)N2CCOCC2)cc1N1CCCCC1)c1cccc(-c2cn[nH]c2)n1. The summed E-state index contributed by atoms with van der Waals surface area (Å²) in [5, 5.41) is 9.75. The van der Waals surface area contributed by atoms with Crippen LogP contribution in [0.1, 0.15) is 40.1 Å². The number of piperidine rings is 1. The van der Waals surface area contributed by atoms with Crippen LogP contribution in [0.3, 0.4) is 0 Å². The molecule has 9 heteroatoms. The molecule has 0 saturated carbocycles. The van der Waals surface area contributed by atoms with Crippen molar-refractivity contribution in [2.45, 2.75) is 19.3 Å². The lowest BCUT2D eigenvalue weighted by molar-refractivity contribution is 0.0303. The Balaban J connectivity index is 1.41. The molecule has 2 aliphatic rings. The van der Waals surface area contributed by atoms with Gasteiger partial charge in [-0.2, -0.15) is 5.10 Å². The number of hydrogen-bond acceptors (Lipinski definition) is 6. The summed E-state index contributed by atoms with van der Waals surface area (Å²) in [4.78, 5) is 34.8. The number of hydrogen-bond donors (Lipinski definition) is 2. The van der Waals surface area contributed by atoms with Crippen LogP contribution in [0.15, 0.2) is 48.8 Å². The summed E-state index contributed by atoms with van der Waals surface area (Å²) in [5.41, 5.74) is 3.98. The Morgan fingerprint density at radius 1 is 1.00 bits per heavy atom. The molecule has 0 spiro atoms. The van der Waals surface area contributed by atoms with Crippen molar-refractivity contribution in [3.05, 3.63) is 60.0 Å². The number of amides is 2. The lowest BCUT2D eigenvalue weighted by atomic mass is 10.1. The molecule has 3 aromatic rings. The number of rotatable bonds is 5. The van der Waals surface area contributed by atoms with Gasteiger partial charge in [-0.05, 0) is 49.6 Å². The van der Waals surface area contributed by atoms with Crippen molar-refractivity contribution < 1.29 is 14.3 Å². The van der Waals surface area contributed by atoms with Gasteiger partial charge in [-0.25, -0.2) is 4.98 Å². The molecule has 2 fully saturated rings. The number of carbonyl (C=O) groups excluding carboxylic acids is 2. The van der Waals surface area contributed by atoms with Crippen LogP contribution in [0.4, 0.5) is 11.4 Å². The van der Waals surface area contributed by atoms with Gasteiger partial charge in [0.15, 0.2) is 0 Å². The molecule has 4 heterocycles. The van der Waals surface area contributed by atoms with Crippen LogP contribution in [0.5, 0.6) is 0 Å². The lowest BCUT2D eigenvalue weighted by Gasteiger charge is -2.32. The third kappa shape index (κ3) is 4.79. The largest absolute Gasteiger partial charge is 0.378 e. The molecule has 2 aliphatic heterocycles. The van der Waals surface area contributed by atoms with E-state index in [1.807, 2.05) is 23.1 Å². The molecule has 2 amide bonds. The van der Waals surface area contributed by atoms with Gasteiger partial charge in [0.1, 0.15) is 5.69 Å². The number of ether oxygens (including phenoxy) is 1. The number of aromatic amines is 1. The molecule has 0 bridgehead atoms. The molecule has 2 saturated heterocycles. The summed E-state index contributed by atoms with van der Waals surface area (Å²) in [6, 6.07) is 10.9. The second-order valence-corrected chi connectivity index (χ2v) is 8.53. The van der Waals surface area contributed by atoms with E-state index in [0.29, 0.717) is 48.9 Å². The van der Waals surface area contributed by atoms with Crippen molar-refractivity contribution >= 4 is 23.2 Å². The summed E-state index contributed by atoms with van der Waals surface area (Å²) in [6.45, 7) is 4.09. The zero-order valence-electron chi connectivity index (χ0n) is 19.0. The van der Waals surface area contributed by atoms with E-state index < -0.39 is 0 Å². The standard InChI is InChI=1S/C25H28N6O3/c32-24(22-6-4-5-20(28-22)19-16-26-27-17-19)29-21-8-7-18(25(33)31-11-13-34-14-12-31)15-23(21)30-9-2-1-3-10-30/h4-8,15-17H,1-3,9-14H2,(H,26,27)(H,29,32). The molecule has 1 aromatic carbocycles. The van der Waals surface area contributed by atoms with E-state index in [1.165, 1.54) is 6.42 Å². The van der Waals surface area contributed by atoms with Gasteiger partial charge in [0.05, 0.1) is 36.5 Å². The number of anilines is 2. The molecule has 2 aromatic heterocycles. The fraction of sp³-hybridized carbons (Fsp3) is 0.360. The van der Waals surface area contributed by atoms with Crippen LogP contribution < -0.4 is 10.2 Å². The maximum atomic E-state index is 13.1. The molecule has 0 aliphatic carbocycles. The van der Waals surface area contributed by atoms with Crippen molar-refractivity contribution in [1.29, 1.82) is 0 Å². The van der Waals surface area contributed by atoms with Crippen LogP contribution in [-0.4, -0.2) is 71.3 Å². The summed E-state index contributed by atoms with van der Waals surface area (Å²) in [6.07, 6.45) is 6.77. The van der Waals surface area contributed by atoms with Crippen molar-refractivity contribution in [1.82, 2.24) is 20.1 Å². The van der Waals surface area contributed by atoms with Gasteiger partial charge in [0.2, 0.25) is 0 Å².